The molecule has 18 heteroatoms. The molecule has 68 heavy (non-hydrogen) atoms. The number of hydrogen-bond donors (Lipinski definition) is 3. The van der Waals surface area contributed by atoms with Crippen LogP contribution in [0.25, 0.3) is 0 Å². The molecule has 3 N–H and O–H groups in total. The van der Waals surface area contributed by atoms with Gasteiger partial charge in [0.05, 0.1) is 0 Å². The zero-order chi connectivity index (χ0) is 47.2. The van der Waals surface area contributed by atoms with Crippen LogP contribution in [0.2, 0.25) is 0 Å². The third-order valence-corrected chi connectivity index (χ3v) is 14.6. The highest BCUT2D eigenvalue weighted by Gasteiger charge is 2.55. The van der Waals surface area contributed by atoms with Crippen molar-refractivity contribution in [2.24, 2.45) is 12.2 Å². The summed E-state index contributed by atoms with van der Waals surface area (Å²) in [6, 6.07) is 47.5. The number of thiazole rings is 1. The van der Waals surface area contributed by atoms with Gasteiger partial charge in [-0.1, -0.05) is 169 Å². The molecule has 0 aliphatic carbocycles. The summed E-state index contributed by atoms with van der Waals surface area (Å²) in [4.78, 5) is 79.0. The SMILES string of the molecule is CO/N=C(\C(=O)NC1C(=O)N2C(C(=O)OC(c3ccccc3)c3ccccc3)=C(CSc3n[nH]c(=O)c(=O)n3C)CS[C@H]12)c1csc(NC(c2ccccc2)(c2ccccc2)c2ccccc2)n1. The normalized spacial score (nSPS) is 15.9. The smallest absolute Gasteiger partial charge is 0.356 e. The first kappa shape index (κ1) is 45.6. The van der Waals surface area contributed by atoms with E-state index in [9.17, 15) is 24.0 Å². The average molecular weight is 963 g/mol. The molecule has 1 saturated heterocycles. The number of fused-ring (bicyclic) bond motifs is 1. The van der Waals surface area contributed by atoms with Crippen LogP contribution in [-0.2, 0) is 36.5 Å². The number of nitrogens with zero attached hydrogens (tertiary/aromatic N) is 5. The van der Waals surface area contributed by atoms with Crippen molar-refractivity contribution < 1.29 is 24.0 Å². The summed E-state index contributed by atoms with van der Waals surface area (Å²) in [6.07, 6.45) is -0.823. The second kappa shape index (κ2) is 20.1. The number of aromatic amines is 1. The number of oxime groups is 1. The van der Waals surface area contributed by atoms with Gasteiger partial charge in [-0.05, 0) is 33.4 Å². The minimum absolute atomic E-state index is 0.0165. The standard InChI is InChI=1S/C50H42N8O7S3/c1-57-45(62)43(60)54-55-49(57)68-29-33-28-66-46-39(44(61)58(46)40(33)47(63)65-41(31-18-8-3-9-19-31)32-20-10-4-11-21-32)52-42(59)38(56-64-2)37-30-67-48(51-37)53-50(34-22-12-5-13-23-34,35-24-14-6-15-25-35)36-26-16-7-17-27-36/h3-27,30,39,41,46H,28-29H2,1-2H3,(H,51,53)(H,52,59)(H,54,60)/b56-38-/t39?,46-/m1/s1. The molecule has 1 fully saturated rings. The second-order valence-electron chi connectivity index (χ2n) is 15.5. The van der Waals surface area contributed by atoms with Gasteiger partial charge in [0.25, 0.3) is 11.8 Å². The van der Waals surface area contributed by atoms with Gasteiger partial charge in [0, 0.05) is 23.9 Å². The number of benzene rings is 5. The van der Waals surface area contributed by atoms with Gasteiger partial charge in [0.2, 0.25) is 0 Å². The molecule has 0 saturated carbocycles. The summed E-state index contributed by atoms with van der Waals surface area (Å²) in [5.41, 5.74) is 2.36. The zero-order valence-corrected chi connectivity index (χ0v) is 38.9. The predicted octanol–water partition coefficient (Wildman–Crippen LogP) is 6.46. The summed E-state index contributed by atoms with van der Waals surface area (Å²) < 4.78 is 7.43. The Kier molecular flexibility index (Phi) is 13.5. The number of anilines is 1. The van der Waals surface area contributed by atoms with Gasteiger partial charge in [-0.25, -0.2) is 14.9 Å². The van der Waals surface area contributed by atoms with E-state index in [1.54, 1.807) is 5.38 Å². The van der Waals surface area contributed by atoms with Crippen molar-refractivity contribution >= 4 is 63.5 Å². The molecule has 0 bridgehead atoms. The molecule has 15 nitrogen and oxygen atoms in total. The lowest BCUT2D eigenvalue weighted by molar-refractivity contribution is -0.154. The van der Waals surface area contributed by atoms with Crippen molar-refractivity contribution in [3.05, 3.63) is 223 Å². The van der Waals surface area contributed by atoms with E-state index in [1.165, 1.54) is 42.2 Å². The van der Waals surface area contributed by atoms with Crippen molar-refractivity contribution in [1.29, 1.82) is 0 Å². The summed E-state index contributed by atoms with van der Waals surface area (Å²) in [6.45, 7) is 0. The Bertz CT molecular complexity index is 3000. The Hall–Kier alpha value is -7.54. The number of carbonyl (C=O) groups is 3. The topological polar surface area (TPSA) is 190 Å². The first-order valence-corrected chi connectivity index (χ1v) is 24.2. The summed E-state index contributed by atoms with van der Waals surface area (Å²) in [5, 5.41) is 18.6. The van der Waals surface area contributed by atoms with E-state index in [-0.39, 0.29) is 33.8 Å². The zero-order valence-electron chi connectivity index (χ0n) is 36.5. The average Bonchev–Trinajstić information content (AvgIpc) is 3.85. The van der Waals surface area contributed by atoms with E-state index in [0.29, 0.717) is 21.8 Å². The molecule has 2 aliphatic rings. The Balaban J connectivity index is 0.995. The highest BCUT2D eigenvalue weighted by Crippen LogP contribution is 2.44. The van der Waals surface area contributed by atoms with Crippen LogP contribution < -0.4 is 21.8 Å². The summed E-state index contributed by atoms with van der Waals surface area (Å²) in [5.74, 6) is -1.65. The van der Waals surface area contributed by atoms with Crippen LogP contribution in [-0.4, -0.2) is 78.2 Å². The molecule has 1 unspecified atom stereocenters. The number of carbonyl (C=O) groups excluding carboxylic acids is 3. The number of nitrogens with one attached hydrogen (secondary N) is 3. The highest BCUT2D eigenvalue weighted by molar-refractivity contribution is 8.01. The summed E-state index contributed by atoms with van der Waals surface area (Å²) in [7, 11) is 2.74. The molecule has 9 rings (SSSR count). The number of thioether (sulfide) groups is 2. The maximum atomic E-state index is 14.6. The molecule has 5 aromatic carbocycles. The lowest BCUT2D eigenvalue weighted by Crippen LogP contribution is -2.71. The summed E-state index contributed by atoms with van der Waals surface area (Å²) >= 11 is 3.74. The van der Waals surface area contributed by atoms with Gasteiger partial charge in [-0.15, -0.1) is 28.2 Å². The van der Waals surface area contributed by atoms with Gasteiger partial charge >= 0.3 is 17.1 Å². The number of hydrogen-bond acceptors (Lipinski definition) is 14. The fraction of sp³-hybridized carbons (Fsp3) is 0.160. The number of rotatable bonds is 16. The third kappa shape index (κ3) is 9.00. The first-order valence-electron chi connectivity index (χ1n) is 21.3. The number of ether oxygens (including phenoxy) is 1. The molecule has 7 aromatic rings. The molecule has 2 aliphatic heterocycles. The fourth-order valence-corrected chi connectivity index (χ4v) is 11.3. The van der Waals surface area contributed by atoms with Crippen LogP contribution in [0.4, 0.5) is 5.13 Å². The number of esters is 1. The quantitative estimate of drug-likeness (QED) is 0.0183. The minimum Gasteiger partial charge on any atom is -0.448 e. The van der Waals surface area contributed by atoms with E-state index in [1.807, 2.05) is 115 Å². The van der Waals surface area contributed by atoms with Crippen LogP contribution in [0, 0.1) is 0 Å². The van der Waals surface area contributed by atoms with Crippen molar-refractivity contribution in [3.63, 3.8) is 0 Å². The van der Waals surface area contributed by atoms with E-state index < -0.39 is 52.0 Å². The molecular formula is C50H42N8O7S3. The van der Waals surface area contributed by atoms with E-state index in [2.05, 4.69) is 62.4 Å². The van der Waals surface area contributed by atoms with E-state index in [4.69, 9.17) is 14.6 Å². The van der Waals surface area contributed by atoms with Crippen molar-refractivity contribution in [2.75, 3.05) is 23.9 Å². The minimum atomic E-state index is -1.06. The Morgan fingerprint density at radius 2 is 1.38 bits per heavy atom. The van der Waals surface area contributed by atoms with E-state index in [0.717, 1.165) is 33.0 Å². The molecule has 0 spiro atoms. The van der Waals surface area contributed by atoms with E-state index >= 15 is 0 Å². The first-order chi connectivity index (χ1) is 33.2. The third-order valence-electron chi connectivity index (χ3n) is 11.4. The molecule has 0 radical (unpaired) electrons. The second-order valence-corrected chi connectivity index (χ2v) is 18.4. The van der Waals surface area contributed by atoms with Crippen LogP contribution in [0.1, 0.15) is 39.6 Å². The monoisotopic (exact) mass is 962 g/mol. The van der Waals surface area contributed by atoms with Gasteiger partial charge in [-0.3, -0.25) is 28.6 Å². The highest BCUT2D eigenvalue weighted by atomic mass is 32.2. The Morgan fingerprint density at radius 3 is 1.93 bits per heavy atom. The number of β-lactam (4-membered cyclic amide) rings is 1. The molecule has 342 valence electrons. The van der Waals surface area contributed by atoms with Crippen LogP contribution in [0.3, 0.4) is 0 Å². The van der Waals surface area contributed by atoms with Crippen molar-refractivity contribution in [1.82, 2.24) is 30.0 Å². The largest absolute Gasteiger partial charge is 0.448 e. The molecule has 2 aromatic heterocycles. The van der Waals surface area contributed by atoms with Gasteiger partial charge in [0.1, 0.15) is 35.5 Å². The number of aromatic nitrogens is 4. The lowest BCUT2D eigenvalue weighted by atomic mass is 9.77. The lowest BCUT2D eigenvalue weighted by Gasteiger charge is -2.49. The van der Waals surface area contributed by atoms with Gasteiger partial charge in [-0.2, -0.15) is 0 Å². The van der Waals surface area contributed by atoms with Gasteiger partial charge in [0.15, 0.2) is 22.1 Å². The maximum Gasteiger partial charge on any atom is 0.356 e. The van der Waals surface area contributed by atoms with Crippen LogP contribution in [0.5, 0.6) is 0 Å². The Labute approximate surface area is 402 Å². The predicted molar refractivity (Wildman–Crippen MR) is 262 cm³/mol. The molecule has 2 atom stereocenters. The van der Waals surface area contributed by atoms with Crippen molar-refractivity contribution in [2.45, 2.75) is 28.2 Å². The number of H-pyrrole nitrogens is 1. The molecule has 4 heterocycles. The van der Waals surface area contributed by atoms with Crippen LogP contribution in [0.15, 0.2) is 188 Å². The Morgan fingerprint density at radius 1 is 0.838 bits per heavy atom. The van der Waals surface area contributed by atoms with Crippen LogP contribution >= 0.6 is 34.9 Å². The molecule has 2 amide bonds. The van der Waals surface area contributed by atoms with Crippen molar-refractivity contribution in [3.8, 4) is 0 Å². The fourth-order valence-electron chi connectivity index (χ4n) is 8.16. The van der Waals surface area contributed by atoms with Gasteiger partial charge < -0.3 is 20.2 Å². The molecular weight excluding hydrogens is 921 g/mol. The maximum absolute atomic E-state index is 14.6. The number of amides is 2.